The minimum atomic E-state index is 0.0319. The zero-order chi connectivity index (χ0) is 39.3. The van der Waals surface area contributed by atoms with Gasteiger partial charge in [0.05, 0.1) is 0 Å². The van der Waals surface area contributed by atoms with Gasteiger partial charge in [-0.1, -0.05) is 72.8 Å². The summed E-state index contributed by atoms with van der Waals surface area (Å²) in [6.45, 7) is 0. The second-order valence-electron chi connectivity index (χ2n) is 15.4. The molecule has 3 aliphatic carbocycles. The molecule has 0 saturated carbocycles. The van der Waals surface area contributed by atoms with Gasteiger partial charge in [-0.15, -0.1) is 29.9 Å². The highest BCUT2D eigenvalue weighted by molar-refractivity contribution is 5.59. The maximum atomic E-state index is 6.64. The highest BCUT2D eigenvalue weighted by atomic mass is 16.5. The molecule has 3 aliphatic heterocycles. The van der Waals surface area contributed by atoms with E-state index in [1.165, 1.54) is 0 Å². The molecule has 12 heteroatoms. The predicted molar refractivity (Wildman–Crippen MR) is 216 cm³/mol. The average Bonchev–Trinajstić information content (AvgIpc) is 3.25. The molecule has 288 valence electrons. The standard InChI is InChI=1S/C48H30N6O6/c1-7-25-19-26-8-2-14-38-32(26)22-31(25)37(13-1)55-43-49-44-51-45(50-43)58-40-16-4-10-28-21-30-12-6-18-42(36(30)24-34(28)40)60-48-53-46(56-38)52-47(54-48)59-41-17-5-11-29-20-27-9-3-15-39(57-44)33(27)23-35(29)41/h1-18H,19-24H2. The first-order chi connectivity index (χ1) is 29.6. The van der Waals surface area contributed by atoms with Gasteiger partial charge in [-0.3, -0.25) is 0 Å². The lowest BCUT2D eigenvalue weighted by molar-refractivity contribution is 0.354. The molecule has 0 spiro atoms. The fourth-order valence-corrected chi connectivity index (χ4v) is 9.09. The molecule has 0 fully saturated rings. The molecule has 0 amide bonds. The lowest BCUT2D eigenvalue weighted by Gasteiger charge is -2.25. The van der Waals surface area contributed by atoms with Crippen LogP contribution in [0.1, 0.15) is 66.8 Å². The van der Waals surface area contributed by atoms with Crippen LogP contribution in [0.2, 0.25) is 0 Å². The van der Waals surface area contributed by atoms with Crippen molar-refractivity contribution in [1.29, 1.82) is 0 Å². The van der Waals surface area contributed by atoms with Crippen molar-refractivity contribution in [3.05, 3.63) is 176 Å². The molecule has 60 heavy (non-hydrogen) atoms. The summed E-state index contributed by atoms with van der Waals surface area (Å²) in [7, 11) is 0. The molecule has 0 unspecified atom stereocenters. The third-order valence-corrected chi connectivity index (χ3v) is 11.9. The van der Waals surface area contributed by atoms with Crippen LogP contribution in [0.5, 0.6) is 70.6 Å². The fraction of sp³-hybridized carbons (Fsp3) is 0.125. The number of benzene rings is 6. The van der Waals surface area contributed by atoms with E-state index in [1.807, 2.05) is 72.8 Å². The molecule has 0 atom stereocenters. The highest BCUT2D eigenvalue weighted by Gasteiger charge is 2.29. The Morgan fingerprint density at radius 3 is 0.600 bits per heavy atom. The number of ether oxygens (including phenoxy) is 6. The Morgan fingerprint density at radius 2 is 0.417 bits per heavy atom. The van der Waals surface area contributed by atoms with Crippen LogP contribution in [-0.2, 0) is 38.5 Å². The zero-order valence-electron chi connectivity index (χ0n) is 31.8. The third kappa shape index (κ3) is 5.52. The molecule has 6 aromatic carbocycles. The molecule has 2 aromatic heterocycles. The van der Waals surface area contributed by atoms with Crippen molar-refractivity contribution in [3.63, 3.8) is 0 Å². The quantitative estimate of drug-likeness (QED) is 0.145. The van der Waals surface area contributed by atoms with Crippen molar-refractivity contribution in [2.75, 3.05) is 0 Å². The van der Waals surface area contributed by atoms with E-state index in [0.29, 0.717) is 73.0 Å². The summed E-state index contributed by atoms with van der Waals surface area (Å²) < 4.78 is 39.9. The number of hydrogen-bond donors (Lipinski definition) is 0. The van der Waals surface area contributed by atoms with E-state index in [-0.39, 0.29) is 36.1 Å². The minimum Gasteiger partial charge on any atom is -0.424 e. The molecule has 0 saturated heterocycles. The van der Waals surface area contributed by atoms with E-state index in [0.717, 1.165) is 66.8 Å². The van der Waals surface area contributed by atoms with Crippen molar-refractivity contribution < 1.29 is 28.4 Å². The first-order valence-corrected chi connectivity index (χ1v) is 19.8. The molecular formula is C48H30N6O6. The lowest BCUT2D eigenvalue weighted by Crippen LogP contribution is -2.13. The lowest BCUT2D eigenvalue weighted by atomic mass is 9.85. The van der Waals surface area contributed by atoms with E-state index in [9.17, 15) is 0 Å². The van der Waals surface area contributed by atoms with E-state index in [2.05, 4.69) is 36.4 Å². The summed E-state index contributed by atoms with van der Waals surface area (Å²) in [6.07, 6.45) is 3.42. The van der Waals surface area contributed by atoms with Crippen molar-refractivity contribution in [2.45, 2.75) is 38.5 Å². The van der Waals surface area contributed by atoms with Crippen LogP contribution in [0.3, 0.4) is 0 Å². The van der Waals surface area contributed by atoms with Gasteiger partial charge in [0.25, 0.3) is 0 Å². The van der Waals surface area contributed by atoms with Crippen molar-refractivity contribution >= 4 is 0 Å². The SMILES string of the molecule is c1cc2c3c(c1)Oc1nc4nc(n1)Oc1cccc5c1Cc1c(cccc1Oc1nc(nc(n1)Oc1cccc6c1Cc1c(cccc1O4)C6)Oc1cccc(c1C3)C2)C5. The summed E-state index contributed by atoms with van der Waals surface area (Å²) in [4.78, 5) is 28.5. The Bertz CT molecular complexity index is 2590. The van der Waals surface area contributed by atoms with E-state index in [4.69, 9.17) is 58.3 Å². The van der Waals surface area contributed by atoms with Crippen LogP contribution < -0.4 is 28.4 Å². The molecule has 0 radical (unpaired) electrons. The van der Waals surface area contributed by atoms with E-state index in [1.54, 1.807) is 0 Å². The van der Waals surface area contributed by atoms with Gasteiger partial charge >= 0.3 is 36.1 Å². The summed E-state index contributed by atoms with van der Waals surface area (Å²) in [5, 5.41) is 0. The average molecular weight is 787 g/mol. The van der Waals surface area contributed by atoms with Gasteiger partial charge in [0.2, 0.25) is 0 Å². The first kappa shape index (κ1) is 33.1. The fourth-order valence-electron chi connectivity index (χ4n) is 9.09. The van der Waals surface area contributed by atoms with Crippen LogP contribution in [0, 0.1) is 0 Å². The van der Waals surface area contributed by atoms with Gasteiger partial charge in [0.15, 0.2) is 0 Å². The van der Waals surface area contributed by atoms with Crippen LogP contribution in [0.15, 0.2) is 109 Å². The van der Waals surface area contributed by atoms with Crippen LogP contribution in [0.25, 0.3) is 0 Å². The second-order valence-corrected chi connectivity index (χ2v) is 15.4. The monoisotopic (exact) mass is 786 g/mol. The van der Waals surface area contributed by atoms with Crippen molar-refractivity contribution in [3.8, 4) is 70.6 Å². The normalized spacial score (nSPS) is 14.4. The van der Waals surface area contributed by atoms with Crippen LogP contribution in [0.4, 0.5) is 0 Å². The molecule has 5 heterocycles. The Balaban J connectivity index is 1.08. The largest absolute Gasteiger partial charge is 0.424 e. The molecule has 0 N–H and O–H groups in total. The van der Waals surface area contributed by atoms with Gasteiger partial charge in [0.1, 0.15) is 34.5 Å². The van der Waals surface area contributed by atoms with Gasteiger partial charge in [0, 0.05) is 52.6 Å². The van der Waals surface area contributed by atoms with E-state index >= 15 is 0 Å². The summed E-state index contributed by atoms with van der Waals surface area (Å²) in [5.41, 5.74) is 12.4. The van der Waals surface area contributed by atoms with Crippen LogP contribution >= 0.6 is 0 Å². The third-order valence-electron chi connectivity index (χ3n) is 11.9. The molecule has 14 rings (SSSR count). The van der Waals surface area contributed by atoms with Gasteiger partial charge in [-0.2, -0.15) is 0 Å². The maximum absolute atomic E-state index is 6.64. The number of rotatable bonds is 0. The summed E-state index contributed by atoms with van der Waals surface area (Å²) >= 11 is 0. The number of aromatic nitrogens is 6. The summed E-state index contributed by atoms with van der Waals surface area (Å²) in [5.74, 6) is 3.55. The maximum Gasteiger partial charge on any atom is 0.331 e. The molecule has 12 nitrogen and oxygen atoms in total. The molecule has 12 bridgehead atoms. The van der Waals surface area contributed by atoms with Gasteiger partial charge in [-0.05, 0) is 89.0 Å². The van der Waals surface area contributed by atoms with Gasteiger partial charge in [-0.25, -0.2) is 0 Å². The first-order valence-electron chi connectivity index (χ1n) is 19.8. The molecular weight excluding hydrogens is 757 g/mol. The highest BCUT2D eigenvalue weighted by Crippen LogP contribution is 2.44. The molecule has 6 aliphatic rings. The Kier molecular flexibility index (Phi) is 7.08. The zero-order valence-corrected chi connectivity index (χ0v) is 31.8. The van der Waals surface area contributed by atoms with E-state index < -0.39 is 0 Å². The topological polar surface area (TPSA) is 133 Å². The van der Waals surface area contributed by atoms with Crippen molar-refractivity contribution in [2.24, 2.45) is 0 Å². The van der Waals surface area contributed by atoms with Gasteiger partial charge < -0.3 is 28.4 Å². The smallest absolute Gasteiger partial charge is 0.331 e. The minimum absolute atomic E-state index is 0.0319. The van der Waals surface area contributed by atoms with Crippen LogP contribution in [-0.4, -0.2) is 29.9 Å². The second kappa shape index (κ2) is 12.8. The summed E-state index contributed by atoms with van der Waals surface area (Å²) in [6, 6.07) is 36.2. The number of nitrogens with zero attached hydrogens (tertiary/aromatic N) is 6. The molecule has 8 aromatic rings. The van der Waals surface area contributed by atoms with Crippen molar-refractivity contribution in [1.82, 2.24) is 29.9 Å². The Hall–Kier alpha value is -7.86. The Labute approximate surface area is 342 Å². The number of hydrogen-bond acceptors (Lipinski definition) is 12. The predicted octanol–water partition coefficient (Wildman–Crippen LogP) is 9.92. The Morgan fingerprint density at radius 1 is 0.233 bits per heavy atom.